The standard InChI is InChI=1S/C34H60NO8P/c1-3-5-6-7-8-9-10-11-12-13-14-15-16-17-18-19-20-21-22-23-24-25-26-27-34(38)41-30-32(36)31-43-44(39,40)42-29-28-35-33(37)4-2/h8-9,11-12,14-15,17-18,32,36H,3-7,10,13,16,19-31H2,1-2H3,(H,35,37)(H,39,40)/b9-8-,12-11-,15-14-,18-17-. The van der Waals surface area contributed by atoms with Crippen LogP contribution in [0.1, 0.15) is 123 Å². The minimum atomic E-state index is -4.38. The van der Waals surface area contributed by atoms with Gasteiger partial charge in [-0.05, 0) is 51.4 Å². The van der Waals surface area contributed by atoms with Crippen LogP contribution in [-0.4, -0.2) is 54.3 Å². The lowest BCUT2D eigenvalue weighted by molar-refractivity contribution is -0.147. The van der Waals surface area contributed by atoms with Crippen molar-refractivity contribution in [2.24, 2.45) is 0 Å². The molecule has 0 heterocycles. The number of carbonyl (C=O) groups excluding carboxylic acids is 2. The number of hydrogen-bond acceptors (Lipinski definition) is 7. The van der Waals surface area contributed by atoms with Crippen molar-refractivity contribution in [3.05, 3.63) is 48.6 Å². The lowest BCUT2D eigenvalue weighted by Crippen LogP contribution is -2.26. The SMILES string of the molecule is CCCCC/C=C\C/C=C\C/C=C\C/C=C\CCCCCCCCCC(=O)OCC(O)COP(=O)(O)OCCNC(=O)CC. The molecule has 0 saturated carbocycles. The van der Waals surface area contributed by atoms with E-state index < -0.39 is 26.5 Å². The van der Waals surface area contributed by atoms with Gasteiger partial charge in [0.25, 0.3) is 0 Å². The number of nitrogens with one attached hydrogen (secondary N) is 1. The third-order valence-corrected chi connectivity index (χ3v) is 7.56. The van der Waals surface area contributed by atoms with E-state index in [4.69, 9.17) is 13.8 Å². The van der Waals surface area contributed by atoms with Gasteiger partial charge in [0.05, 0.1) is 13.2 Å². The quantitative estimate of drug-likeness (QED) is 0.0311. The van der Waals surface area contributed by atoms with Crippen LogP contribution in [0.5, 0.6) is 0 Å². The largest absolute Gasteiger partial charge is 0.472 e. The monoisotopic (exact) mass is 641 g/mol. The van der Waals surface area contributed by atoms with Gasteiger partial charge in [-0.25, -0.2) is 4.57 Å². The first-order valence-corrected chi connectivity index (χ1v) is 18.1. The molecule has 0 radical (unpaired) electrons. The Morgan fingerprint density at radius 1 is 0.727 bits per heavy atom. The predicted octanol–water partition coefficient (Wildman–Crippen LogP) is 8.04. The molecule has 0 aliphatic rings. The van der Waals surface area contributed by atoms with Crippen molar-refractivity contribution in [3.63, 3.8) is 0 Å². The van der Waals surface area contributed by atoms with Crippen LogP contribution >= 0.6 is 7.82 Å². The fourth-order valence-corrected chi connectivity index (χ4v) is 4.74. The summed E-state index contributed by atoms with van der Waals surface area (Å²) in [5.41, 5.74) is 0. The smallest absolute Gasteiger partial charge is 0.463 e. The minimum absolute atomic E-state index is 0.0630. The van der Waals surface area contributed by atoms with Crippen molar-refractivity contribution in [1.29, 1.82) is 0 Å². The molecule has 254 valence electrons. The molecular weight excluding hydrogens is 581 g/mol. The van der Waals surface area contributed by atoms with Gasteiger partial charge in [0.1, 0.15) is 12.7 Å². The summed E-state index contributed by atoms with van der Waals surface area (Å²) in [5.74, 6) is -0.623. The van der Waals surface area contributed by atoms with Crippen LogP contribution in [0, 0.1) is 0 Å². The summed E-state index contributed by atoms with van der Waals surface area (Å²) in [7, 11) is -4.38. The molecule has 3 N–H and O–H groups in total. The molecular formula is C34H60NO8P. The van der Waals surface area contributed by atoms with Crippen LogP contribution in [0.25, 0.3) is 0 Å². The molecule has 0 aliphatic heterocycles. The van der Waals surface area contributed by atoms with Crippen molar-refractivity contribution >= 4 is 19.7 Å². The Labute approximate surface area is 266 Å². The summed E-state index contributed by atoms with van der Waals surface area (Å²) >= 11 is 0. The predicted molar refractivity (Wildman–Crippen MR) is 178 cm³/mol. The lowest BCUT2D eigenvalue weighted by atomic mass is 10.1. The number of amides is 1. The van der Waals surface area contributed by atoms with Gasteiger partial charge in [-0.1, -0.05) is 107 Å². The molecule has 10 heteroatoms. The van der Waals surface area contributed by atoms with Crippen LogP contribution in [-0.2, 0) is 27.9 Å². The zero-order valence-corrected chi connectivity index (χ0v) is 28.2. The third-order valence-electron chi connectivity index (χ3n) is 6.58. The summed E-state index contributed by atoms with van der Waals surface area (Å²) in [6.45, 7) is 2.92. The van der Waals surface area contributed by atoms with E-state index in [0.29, 0.717) is 6.42 Å². The molecule has 0 fully saturated rings. The molecule has 1 amide bonds. The summed E-state index contributed by atoms with van der Waals surface area (Å²) in [6.07, 6.45) is 34.0. The molecule has 2 unspecified atom stereocenters. The van der Waals surface area contributed by atoms with Gasteiger partial charge < -0.3 is 20.1 Å². The molecule has 0 bridgehead atoms. The normalized spacial score (nSPS) is 14.2. The van der Waals surface area contributed by atoms with Crippen LogP contribution in [0.3, 0.4) is 0 Å². The fourth-order valence-electron chi connectivity index (χ4n) is 3.98. The molecule has 0 spiro atoms. The average molecular weight is 642 g/mol. The molecule has 0 aromatic rings. The second-order valence-corrected chi connectivity index (χ2v) is 12.2. The molecule has 44 heavy (non-hydrogen) atoms. The summed E-state index contributed by atoms with van der Waals surface area (Å²) in [4.78, 5) is 32.6. The van der Waals surface area contributed by atoms with Gasteiger partial charge in [0, 0.05) is 19.4 Å². The maximum atomic E-state index is 11.9. The number of carbonyl (C=O) groups is 2. The number of aliphatic hydroxyl groups excluding tert-OH is 1. The number of esters is 1. The number of ether oxygens (including phenoxy) is 1. The van der Waals surface area contributed by atoms with Gasteiger partial charge in [-0.2, -0.15) is 0 Å². The number of aliphatic hydroxyl groups is 1. The topological polar surface area (TPSA) is 131 Å². The van der Waals surface area contributed by atoms with Gasteiger partial charge in [0.15, 0.2) is 0 Å². The second-order valence-electron chi connectivity index (χ2n) is 10.7. The molecule has 2 atom stereocenters. The van der Waals surface area contributed by atoms with E-state index in [2.05, 4.69) is 60.8 Å². The molecule has 0 aliphatic carbocycles. The zero-order chi connectivity index (χ0) is 32.6. The highest BCUT2D eigenvalue weighted by Crippen LogP contribution is 2.42. The van der Waals surface area contributed by atoms with Crippen molar-refractivity contribution < 1.29 is 37.9 Å². The maximum Gasteiger partial charge on any atom is 0.472 e. The Bertz CT molecular complexity index is 871. The van der Waals surface area contributed by atoms with Crippen molar-refractivity contribution in [1.82, 2.24) is 5.32 Å². The van der Waals surface area contributed by atoms with E-state index in [9.17, 15) is 24.2 Å². The Balaban J connectivity index is 3.58. The zero-order valence-electron chi connectivity index (χ0n) is 27.3. The van der Waals surface area contributed by atoms with Crippen LogP contribution < -0.4 is 5.32 Å². The number of phosphoric acid groups is 1. The minimum Gasteiger partial charge on any atom is -0.463 e. The third kappa shape index (κ3) is 31.4. The Kier molecular flexibility index (Phi) is 29.5. The van der Waals surface area contributed by atoms with E-state index in [1.54, 1.807) is 6.92 Å². The van der Waals surface area contributed by atoms with E-state index in [-0.39, 0.29) is 32.1 Å². The van der Waals surface area contributed by atoms with E-state index in [1.807, 2.05) is 0 Å². The van der Waals surface area contributed by atoms with Crippen molar-refractivity contribution in [2.75, 3.05) is 26.4 Å². The summed E-state index contributed by atoms with van der Waals surface area (Å²) < 4.78 is 26.2. The molecule has 0 aromatic heterocycles. The first kappa shape index (κ1) is 42.0. The van der Waals surface area contributed by atoms with E-state index in [0.717, 1.165) is 51.4 Å². The second kappa shape index (κ2) is 31.0. The first-order chi connectivity index (χ1) is 21.3. The number of allylic oxidation sites excluding steroid dienone is 8. The Hall–Kier alpha value is -2.03. The molecule has 0 saturated heterocycles. The number of rotatable bonds is 30. The van der Waals surface area contributed by atoms with Crippen molar-refractivity contribution in [3.8, 4) is 0 Å². The van der Waals surface area contributed by atoms with E-state index >= 15 is 0 Å². The summed E-state index contributed by atoms with van der Waals surface area (Å²) in [6, 6.07) is 0. The van der Waals surface area contributed by atoms with Crippen molar-refractivity contribution in [2.45, 2.75) is 129 Å². The Morgan fingerprint density at radius 3 is 1.82 bits per heavy atom. The van der Waals surface area contributed by atoms with Gasteiger partial charge in [-0.15, -0.1) is 0 Å². The molecule has 9 nitrogen and oxygen atoms in total. The first-order valence-electron chi connectivity index (χ1n) is 16.6. The highest BCUT2D eigenvalue weighted by Gasteiger charge is 2.23. The highest BCUT2D eigenvalue weighted by molar-refractivity contribution is 7.47. The fraction of sp³-hybridized carbons (Fsp3) is 0.706. The number of hydrogen-bond donors (Lipinski definition) is 3. The van der Waals surface area contributed by atoms with Crippen LogP contribution in [0.15, 0.2) is 48.6 Å². The summed E-state index contributed by atoms with van der Waals surface area (Å²) in [5, 5.41) is 12.3. The molecule has 0 rings (SSSR count). The van der Waals surface area contributed by atoms with E-state index in [1.165, 1.54) is 44.9 Å². The highest BCUT2D eigenvalue weighted by atomic mass is 31.2. The van der Waals surface area contributed by atoms with Gasteiger partial charge in [0.2, 0.25) is 5.91 Å². The van der Waals surface area contributed by atoms with Crippen LogP contribution in [0.4, 0.5) is 0 Å². The lowest BCUT2D eigenvalue weighted by Gasteiger charge is -2.15. The van der Waals surface area contributed by atoms with Crippen LogP contribution in [0.2, 0.25) is 0 Å². The number of phosphoric ester groups is 1. The Morgan fingerprint density at radius 2 is 1.25 bits per heavy atom. The van der Waals surface area contributed by atoms with Gasteiger partial charge in [-0.3, -0.25) is 18.6 Å². The van der Waals surface area contributed by atoms with Gasteiger partial charge >= 0.3 is 13.8 Å². The average Bonchev–Trinajstić information content (AvgIpc) is 3.01. The maximum absolute atomic E-state index is 11.9. The number of unbranched alkanes of at least 4 members (excludes halogenated alkanes) is 10. The molecule has 0 aromatic carbocycles.